The van der Waals surface area contributed by atoms with Gasteiger partial charge in [0.05, 0.1) is 29.0 Å². The summed E-state index contributed by atoms with van der Waals surface area (Å²) in [5, 5.41) is 9.60. The fourth-order valence-electron chi connectivity index (χ4n) is 3.51. The van der Waals surface area contributed by atoms with E-state index in [1.54, 1.807) is 6.21 Å². The van der Waals surface area contributed by atoms with Crippen molar-refractivity contribution in [3.8, 4) is 17.0 Å². The summed E-state index contributed by atoms with van der Waals surface area (Å²) < 4.78 is 7.31. The van der Waals surface area contributed by atoms with Crippen molar-refractivity contribution >= 4 is 34.8 Å². The molecule has 4 aromatic rings. The molecule has 0 radical (unpaired) electrons. The maximum absolute atomic E-state index is 11.8. The highest BCUT2D eigenvalue weighted by Gasteiger charge is 2.18. The SMILES string of the molecule is Cc1ccc(N=c2scc(-c3ccc4c(c3)NC(=O)CO4)n2N=Cc2ccc[nH]2)c(C)c1. The van der Waals surface area contributed by atoms with Crippen LogP contribution >= 0.6 is 11.3 Å². The molecule has 1 aliphatic rings. The van der Waals surface area contributed by atoms with Crippen molar-refractivity contribution in [3.63, 3.8) is 0 Å². The van der Waals surface area contributed by atoms with Crippen molar-refractivity contribution in [2.24, 2.45) is 10.1 Å². The lowest BCUT2D eigenvalue weighted by Gasteiger charge is -2.18. The summed E-state index contributed by atoms with van der Waals surface area (Å²) in [7, 11) is 0. The van der Waals surface area contributed by atoms with Crippen molar-refractivity contribution in [3.05, 3.63) is 81.7 Å². The largest absolute Gasteiger partial charge is 0.482 e. The number of nitrogens with zero attached hydrogens (tertiary/aromatic N) is 3. The molecule has 160 valence electrons. The number of hydrogen-bond donors (Lipinski definition) is 2. The molecular weight excluding hydrogens is 422 g/mol. The molecule has 0 spiro atoms. The number of benzene rings is 2. The Morgan fingerprint density at radius 1 is 1.16 bits per heavy atom. The highest BCUT2D eigenvalue weighted by atomic mass is 32.1. The van der Waals surface area contributed by atoms with E-state index in [4.69, 9.17) is 14.8 Å². The third-order valence-corrected chi connectivity index (χ3v) is 5.91. The van der Waals surface area contributed by atoms with Gasteiger partial charge < -0.3 is 15.0 Å². The van der Waals surface area contributed by atoms with Gasteiger partial charge in [0.15, 0.2) is 6.61 Å². The molecule has 1 aliphatic heterocycles. The first-order chi connectivity index (χ1) is 15.6. The number of nitrogens with one attached hydrogen (secondary N) is 2. The van der Waals surface area contributed by atoms with Crippen molar-refractivity contribution in [1.29, 1.82) is 0 Å². The normalized spacial score (nSPS) is 13.8. The van der Waals surface area contributed by atoms with E-state index in [9.17, 15) is 4.79 Å². The predicted molar refractivity (Wildman–Crippen MR) is 127 cm³/mol. The smallest absolute Gasteiger partial charge is 0.262 e. The average Bonchev–Trinajstić information content (AvgIpc) is 3.43. The van der Waals surface area contributed by atoms with E-state index in [1.165, 1.54) is 16.9 Å². The number of ether oxygens (including phenoxy) is 1. The van der Waals surface area contributed by atoms with E-state index in [-0.39, 0.29) is 12.5 Å². The number of amides is 1. The molecule has 0 aliphatic carbocycles. The number of carbonyl (C=O) groups is 1. The Labute approximate surface area is 188 Å². The predicted octanol–water partition coefficient (Wildman–Crippen LogP) is 4.61. The zero-order chi connectivity index (χ0) is 22.1. The molecule has 5 rings (SSSR count). The van der Waals surface area contributed by atoms with Crippen LogP contribution in [-0.2, 0) is 4.79 Å². The molecule has 8 heteroatoms. The Morgan fingerprint density at radius 3 is 2.88 bits per heavy atom. The fourth-order valence-corrected chi connectivity index (χ4v) is 4.36. The first-order valence-corrected chi connectivity index (χ1v) is 11.0. The number of hydrogen-bond acceptors (Lipinski definition) is 5. The molecule has 0 saturated carbocycles. The first-order valence-electron chi connectivity index (χ1n) is 10.1. The van der Waals surface area contributed by atoms with Gasteiger partial charge in [-0.2, -0.15) is 5.10 Å². The van der Waals surface area contributed by atoms with Crippen LogP contribution in [0.5, 0.6) is 5.75 Å². The second-order valence-electron chi connectivity index (χ2n) is 7.53. The van der Waals surface area contributed by atoms with Gasteiger partial charge in [-0.25, -0.2) is 9.67 Å². The Kier molecular flexibility index (Phi) is 5.20. The zero-order valence-corrected chi connectivity index (χ0v) is 18.4. The lowest BCUT2D eigenvalue weighted by Crippen LogP contribution is -2.25. The quantitative estimate of drug-likeness (QED) is 0.452. The number of aromatic nitrogens is 2. The molecule has 0 bridgehead atoms. The van der Waals surface area contributed by atoms with Crippen LogP contribution in [0.15, 0.2) is 70.2 Å². The molecule has 1 amide bonds. The van der Waals surface area contributed by atoms with Gasteiger partial charge >= 0.3 is 0 Å². The lowest BCUT2D eigenvalue weighted by molar-refractivity contribution is -0.118. The highest BCUT2D eigenvalue weighted by Crippen LogP contribution is 2.33. The Bertz CT molecular complexity index is 1400. The minimum atomic E-state index is -0.164. The monoisotopic (exact) mass is 443 g/mol. The molecule has 2 aromatic carbocycles. The standard InChI is InChI=1S/C24H21N5O2S/c1-15-5-7-19(16(2)10-15)28-24-29(26-12-18-4-3-9-25-18)21(14-32-24)17-6-8-22-20(11-17)27-23(30)13-31-22/h3-12,14,25H,13H2,1-2H3,(H,27,30). The highest BCUT2D eigenvalue weighted by molar-refractivity contribution is 7.07. The van der Waals surface area contributed by atoms with Gasteiger partial charge in [0.25, 0.3) is 5.91 Å². The Hall–Kier alpha value is -3.91. The molecular formula is C24H21N5O2S. The first kappa shape index (κ1) is 20.0. The molecule has 0 unspecified atom stereocenters. The number of thiazole rings is 1. The van der Waals surface area contributed by atoms with E-state index in [0.29, 0.717) is 11.4 Å². The van der Waals surface area contributed by atoms with E-state index in [2.05, 4.69) is 36.3 Å². The molecule has 2 aromatic heterocycles. The third kappa shape index (κ3) is 4.00. The van der Waals surface area contributed by atoms with Crippen molar-refractivity contribution in [2.75, 3.05) is 11.9 Å². The molecule has 7 nitrogen and oxygen atoms in total. The van der Waals surface area contributed by atoms with Crippen molar-refractivity contribution in [1.82, 2.24) is 9.66 Å². The van der Waals surface area contributed by atoms with Crippen LogP contribution in [0.4, 0.5) is 11.4 Å². The zero-order valence-electron chi connectivity index (χ0n) is 17.6. The summed E-state index contributed by atoms with van der Waals surface area (Å²) in [6.45, 7) is 4.16. The van der Waals surface area contributed by atoms with E-state index in [0.717, 1.165) is 33.0 Å². The van der Waals surface area contributed by atoms with Crippen LogP contribution in [0.3, 0.4) is 0 Å². The Balaban J connectivity index is 1.64. The second kappa shape index (κ2) is 8.32. The van der Waals surface area contributed by atoms with Gasteiger partial charge in [0.2, 0.25) is 4.80 Å². The minimum absolute atomic E-state index is 0.0319. The number of aromatic amines is 1. The maximum atomic E-state index is 11.8. The fraction of sp³-hybridized carbons (Fsp3) is 0.125. The van der Waals surface area contributed by atoms with E-state index in [1.807, 2.05) is 52.7 Å². The van der Waals surface area contributed by atoms with E-state index < -0.39 is 0 Å². The summed E-state index contributed by atoms with van der Waals surface area (Å²) in [5.74, 6) is 0.494. The second-order valence-corrected chi connectivity index (χ2v) is 8.37. The molecule has 32 heavy (non-hydrogen) atoms. The number of anilines is 1. The minimum Gasteiger partial charge on any atom is -0.482 e. The molecule has 2 N–H and O–H groups in total. The molecule has 3 heterocycles. The number of rotatable bonds is 4. The van der Waals surface area contributed by atoms with Gasteiger partial charge in [0, 0.05) is 17.1 Å². The maximum Gasteiger partial charge on any atom is 0.262 e. The topological polar surface area (TPSA) is 83.8 Å². The molecule has 0 fully saturated rings. The van der Waals surface area contributed by atoms with Crippen molar-refractivity contribution < 1.29 is 9.53 Å². The third-order valence-electron chi connectivity index (χ3n) is 5.10. The number of H-pyrrole nitrogens is 1. The van der Waals surface area contributed by atoms with Gasteiger partial charge in [-0.15, -0.1) is 11.3 Å². The van der Waals surface area contributed by atoms with Crippen LogP contribution in [0, 0.1) is 13.8 Å². The lowest BCUT2D eigenvalue weighted by atomic mass is 10.1. The summed E-state index contributed by atoms with van der Waals surface area (Å²) in [5.41, 5.74) is 6.51. The van der Waals surface area contributed by atoms with Gasteiger partial charge in [-0.3, -0.25) is 4.79 Å². The summed E-state index contributed by atoms with van der Waals surface area (Å²) in [6.07, 6.45) is 3.62. The van der Waals surface area contributed by atoms with Gasteiger partial charge in [-0.1, -0.05) is 17.7 Å². The van der Waals surface area contributed by atoms with Crippen LogP contribution in [-0.4, -0.2) is 28.4 Å². The summed E-state index contributed by atoms with van der Waals surface area (Å²) >= 11 is 1.51. The number of carbonyl (C=O) groups excluding carboxylic acids is 1. The summed E-state index contributed by atoms with van der Waals surface area (Å²) in [6, 6.07) is 15.8. The summed E-state index contributed by atoms with van der Waals surface area (Å²) in [4.78, 5) is 20.5. The Morgan fingerprint density at radius 2 is 2.06 bits per heavy atom. The number of aryl methyl sites for hydroxylation is 2. The molecule has 0 atom stereocenters. The van der Waals surface area contributed by atoms with E-state index >= 15 is 0 Å². The van der Waals surface area contributed by atoms with Gasteiger partial charge in [0.1, 0.15) is 5.75 Å². The van der Waals surface area contributed by atoms with Crippen LogP contribution in [0.25, 0.3) is 11.3 Å². The van der Waals surface area contributed by atoms with Gasteiger partial charge in [-0.05, 0) is 55.8 Å². The number of fused-ring (bicyclic) bond motifs is 1. The molecule has 0 saturated heterocycles. The van der Waals surface area contributed by atoms with Crippen LogP contribution in [0.2, 0.25) is 0 Å². The van der Waals surface area contributed by atoms with Crippen LogP contribution in [0.1, 0.15) is 16.8 Å². The van der Waals surface area contributed by atoms with Crippen LogP contribution < -0.4 is 14.9 Å². The van der Waals surface area contributed by atoms with Crippen molar-refractivity contribution in [2.45, 2.75) is 13.8 Å². The average molecular weight is 444 g/mol.